The summed E-state index contributed by atoms with van der Waals surface area (Å²) in [5.41, 5.74) is 1.33. The number of carboxylic acid groups (broad SMARTS) is 1. The third-order valence-corrected chi connectivity index (χ3v) is 4.40. The molecule has 1 N–H and O–H groups in total. The lowest BCUT2D eigenvalue weighted by Crippen LogP contribution is -2.25. The molecule has 1 aliphatic rings. The SMILES string of the molecule is CC(=O)N1CCC(c2cc(-c3cc(F)ccc3C(=O)O)nc(C)n2)C1. The fraction of sp³-hybridized carbons (Fsp3) is 0.333. The van der Waals surface area contributed by atoms with E-state index in [4.69, 9.17) is 0 Å². The number of nitrogens with zero attached hydrogens (tertiary/aromatic N) is 3. The first-order valence-electron chi connectivity index (χ1n) is 7.99. The molecule has 130 valence electrons. The number of aryl methyl sites for hydroxylation is 1. The molecule has 1 aromatic heterocycles. The number of carbonyl (C=O) groups excluding carboxylic acids is 1. The van der Waals surface area contributed by atoms with Gasteiger partial charge < -0.3 is 10.0 Å². The fourth-order valence-corrected chi connectivity index (χ4v) is 3.14. The van der Waals surface area contributed by atoms with Gasteiger partial charge in [-0.3, -0.25) is 4.79 Å². The van der Waals surface area contributed by atoms with Crippen molar-refractivity contribution in [3.05, 3.63) is 47.2 Å². The third kappa shape index (κ3) is 3.50. The Hall–Kier alpha value is -2.83. The molecule has 6 nitrogen and oxygen atoms in total. The molecule has 1 atom stereocenters. The Labute approximate surface area is 144 Å². The standard InChI is InChI=1S/C18H18FN3O3/c1-10-20-16(12-5-6-22(9-12)11(2)23)8-17(21-10)15-7-13(19)3-4-14(15)18(24)25/h3-4,7-8,12H,5-6,9H2,1-2H3,(H,24,25). The van der Waals surface area contributed by atoms with Crippen LogP contribution in [0.4, 0.5) is 4.39 Å². The molecule has 1 saturated heterocycles. The average molecular weight is 343 g/mol. The van der Waals surface area contributed by atoms with E-state index in [1.807, 2.05) is 0 Å². The molecule has 7 heteroatoms. The van der Waals surface area contributed by atoms with Gasteiger partial charge in [-0.15, -0.1) is 0 Å². The van der Waals surface area contributed by atoms with Crippen LogP contribution >= 0.6 is 0 Å². The molecular weight excluding hydrogens is 325 g/mol. The van der Waals surface area contributed by atoms with E-state index in [1.165, 1.54) is 19.1 Å². The molecule has 0 aliphatic carbocycles. The van der Waals surface area contributed by atoms with Crippen molar-refractivity contribution >= 4 is 11.9 Å². The Morgan fingerprint density at radius 2 is 2.04 bits per heavy atom. The number of amides is 1. The van der Waals surface area contributed by atoms with Crippen molar-refractivity contribution in [2.45, 2.75) is 26.2 Å². The molecule has 1 unspecified atom stereocenters. The Kier molecular flexibility index (Phi) is 4.48. The summed E-state index contributed by atoms with van der Waals surface area (Å²) in [5, 5.41) is 9.35. The van der Waals surface area contributed by atoms with Crippen molar-refractivity contribution in [2.75, 3.05) is 13.1 Å². The number of hydrogen-bond donors (Lipinski definition) is 1. The van der Waals surface area contributed by atoms with E-state index in [9.17, 15) is 19.1 Å². The number of hydrogen-bond acceptors (Lipinski definition) is 4. The quantitative estimate of drug-likeness (QED) is 0.926. The van der Waals surface area contributed by atoms with E-state index in [0.29, 0.717) is 24.6 Å². The van der Waals surface area contributed by atoms with Crippen molar-refractivity contribution in [3.63, 3.8) is 0 Å². The van der Waals surface area contributed by atoms with Gasteiger partial charge in [-0.1, -0.05) is 0 Å². The largest absolute Gasteiger partial charge is 0.478 e. The van der Waals surface area contributed by atoms with Gasteiger partial charge in [-0.2, -0.15) is 0 Å². The maximum atomic E-state index is 13.7. The summed E-state index contributed by atoms with van der Waals surface area (Å²) >= 11 is 0. The monoisotopic (exact) mass is 343 g/mol. The summed E-state index contributed by atoms with van der Waals surface area (Å²) < 4.78 is 13.7. The lowest BCUT2D eigenvalue weighted by Gasteiger charge is -2.15. The molecule has 2 heterocycles. The number of likely N-dealkylation sites (tertiary alicyclic amines) is 1. The van der Waals surface area contributed by atoms with Crippen molar-refractivity contribution in [1.29, 1.82) is 0 Å². The number of aromatic carboxylic acids is 1. The summed E-state index contributed by atoms with van der Waals surface area (Å²) in [6, 6.07) is 5.22. The van der Waals surface area contributed by atoms with E-state index in [1.54, 1.807) is 17.9 Å². The molecule has 1 aliphatic heterocycles. The zero-order valence-corrected chi connectivity index (χ0v) is 14.0. The molecule has 25 heavy (non-hydrogen) atoms. The number of benzene rings is 1. The molecule has 0 spiro atoms. The van der Waals surface area contributed by atoms with Gasteiger partial charge in [0.05, 0.1) is 11.3 Å². The highest BCUT2D eigenvalue weighted by molar-refractivity contribution is 5.95. The first-order valence-corrected chi connectivity index (χ1v) is 7.99. The number of aromatic nitrogens is 2. The molecule has 1 aromatic carbocycles. The number of carbonyl (C=O) groups is 2. The molecule has 1 fully saturated rings. The van der Waals surface area contributed by atoms with Gasteiger partial charge in [0, 0.05) is 37.2 Å². The zero-order chi connectivity index (χ0) is 18.1. The summed E-state index contributed by atoms with van der Waals surface area (Å²) in [7, 11) is 0. The maximum Gasteiger partial charge on any atom is 0.336 e. The van der Waals surface area contributed by atoms with Crippen molar-refractivity contribution in [2.24, 2.45) is 0 Å². The Morgan fingerprint density at radius 3 is 2.68 bits per heavy atom. The van der Waals surface area contributed by atoms with Crippen LogP contribution in [0.2, 0.25) is 0 Å². The molecule has 0 bridgehead atoms. The number of rotatable bonds is 3. The Balaban J connectivity index is 2.03. The van der Waals surface area contributed by atoms with Crippen LogP contribution in [0.3, 0.4) is 0 Å². The maximum absolute atomic E-state index is 13.7. The van der Waals surface area contributed by atoms with E-state index >= 15 is 0 Å². The van der Waals surface area contributed by atoms with Crippen molar-refractivity contribution < 1.29 is 19.1 Å². The van der Waals surface area contributed by atoms with E-state index in [2.05, 4.69) is 9.97 Å². The molecule has 0 radical (unpaired) electrons. The van der Waals surface area contributed by atoms with Gasteiger partial charge in [0.1, 0.15) is 11.6 Å². The van der Waals surface area contributed by atoms with Crippen LogP contribution in [0.1, 0.15) is 41.1 Å². The highest BCUT2D eigenvalue weighted by Crippen LogP contribution is 2.30. The highest BCUT2D eigenvalue weighted by atomic mass is 19.1. The van der Waals surface area contributed by atoms with Gasteiger partial charge in [-0.25, -0.2) is 19.2 Å². The van der Waals surface area contributed by atoms with Crippen LogP contribution < -0.4 is 0 Å². The third-order valence-electron chi connectivity index (χ3n) is 4.40. The predicted octanol–water partition coefficient (Wildman–Crippen LogP) is 2.63. The van der Waals surface area contributed by atoms with Crippen LogP contribution in [-0.2, 0) is 4.79 Å². The summed E-state index contributed by atoms with van der Waals surface area (Å²) in [4.78, 5) is 33.5. The lowest BCUT2D eigenvalue weighted by atomic mass is 9.99. The normalized spacial score (nSPS) is 16.9. The first-order chi connectivity index (χ1) is 11.8. The van der Waals surface area contributed by atoms with Crippen LogP contribution in [0.15, 0.2) is 24.3 Å². The molecule has 0 saturated carbocycles. The minimum absolute atomic E-state index is 0.0118. The zero-order valence-electron chi connectivity index (χ0n) is 14.0. The second-order valence-corrected chi connectivity index (χ2v) is 6.17. The fourth-order valence-electron chi connectivity index (χ4n) is 3.14. The minimum Gasteiger partial charge on any atom is -0.478 e. The van der Waals surface area contributed by atoms with Gasteiger partial charge in [0.25, 0.3) is 0 Å². The van der Waals surface area contributed by atoms with Crippen LogP contribution in [0.5, 0.6) is 0 Å². The van der Waals surface area contributed by atoms with Crippen LogP contribution in [-0.4, -0.2) is 44.9 Å². The van der Waals surface area contributed by atoms with E-state index in [0.717, 1.165) is 18.2 Å². The second-order valence-electron chi connectivity index (χ2n) is 6.17. The van der Waals surface area contributed by atoms with Crippen LogP contribution in [0, 0.1) is 12.7 Å². The summed E-state index contributed by atoms with van der Waals surface area (Å²) in [5.74, 6) is -1.11. The molecule has 1 amide bonds. The van der Waals surface area contributed by atoms with Gasteiger partial charge in [0.2, 0.25) is 5.91 Å². The molecular formula is C18H18FN3O3. The van der Waals surface area contributed by atoms with E-state index in [-0.39, 0.29) is 23.0 Å². The Bertz CT molecular complexity index is 853. The van der Waals surface area contributed by atoms with Crippen molar-refractivity contribution in [3.8, 4) is 11.3 Å². The summed E-state index contributed by atoms with van der Waals surface area (Å²) in [6.07, 6.45) is 0.782. The predicted molar refractivity (Wildman–Crippen MR) is 88.7 cm³/mol. The first kappa shape index (κ1) is 17.0. The molecule has 2 aromatic rings. The van der Waals surface area contributed by atoms with Crippen molar-refractivity contribution in [1.82, 2.24) is 14.9 Å². The Morgan fingerprint density at radius 1 is 1.28 bits per heavy atom. The smallest absolute Gasteiger partial charge is 0.336 e. The van der Waals surface area contributed by atoms with Crippen LogP contribution in [0.25, 0.3) is 11.3 Å². The number of halogens is 1. The highest BCUT2D eigenvalue weighted by Gasteiger charge is 2.27. The average Bonchev–Trinajstić information content (AvgIpc) is 3.04. The van der Waals surface area contributed by atoms with Gasteiger partial charge in [0.15, 0.2) is 0 Å². The van der Waals surface area contributed by atoms with E-state index < -0.39 is 11.8 Å². The topological polar surface area (TPSA) is 83.4 Å². The lowest BCUT2D eigenvalue weighted by molar-refractivity contribution is -0.127. The molecule has 3 rings (SSSR count). The number of carboxylic acids is 1. The second kappa shape index (κ2) is 6.58. The van der Waals surface area contributed by atoms with Gasteiger partial charge >= 0.3 is 5.97 Å². The minimum atomic E-state index is -1.14. The van der Waals surface area contributed by atoms with Gasteiger partial charge in [-0.05, 0) is 37.6 Å². The summed E-state index contributed by atoms with van der Waals surface area (Å²) in [6.45, 7) is 4.48.